The van der Waals surface area contributed by atoms with Crippen LogP contribution in [0.2, 0.25) is 5.02 Å². The third-order valence-electron chi connectivity index (χ3n) is 3.25. The number of pyridine rings is 1. The van der Waals surface area contributed by atoms with Crippen molar-refractivity contribution in [2.45, 2.75) is 12.5 Å². The number of ether oxygens (including phenoxy) is 1. The molecule has 0 amide bonds. The van der Waals surface area contributed by atoms with E-state index in [1.54, 1.807) is 18.3 Å². The molecule has 6 heteroatoms. The summed E-state index contributed by atoms with van der Waals surface area (Å²) >= 11 is 6.13. The predicted octanol–water partition coefficient (Wildman–Crippen LogP) is 2.67. The van der Waals surface area contributed by atoms with Gasteiger partial charge in [-0.15, -0.1) is 0 Å². The normalized spacial score (nSPS) is 12.6. The third kappa shape index (κ3) is 3.83. The van der Waals surface area contributed by atoms with Crippen LogP contribution in [0.5, 0.6) is 5.75 Å². The van der Waals surface area contributed by atoms with Gasteiger partial charge in [-0.25, -0.2) is 0 Å². The van der Waals surface area contributed by atoms with Crippen molar-refractivity contribution in [3.8, 4) is 5.75 Å². The Morgan fingerprint density at radius 1 is 1.43 bits per heavy atom. The summed E-state index contributed by atoms with van der Waals surface area (Å²) in [6, 6.07) is 6.98. The number of halogens is 1. The number of carboxylic acids is 1. The summed E-state index contributed by atoms with van der Waals surface area (Å²) in [6.45, 7) is 0.270. The van der Waals surface area contributed by atoms with E-state index in [0.29, 0.717) is 16.3 Å². The lowest BCUT2D eigenvalue weighted by atomic mass is 10.2. The van der Waals surface area contributed by atoms with Crippen molar-refractivity contribution in [1.82, 2.24) is 9.88 Å². The maximum atomic E-state index is 10.9. The van der Waals surface area contributed by atoms with Gasteiger partial charge in [0.1, 0.15) is 17.9 Å². The van der Waals surface area contributed by atoms with Gasteiger partial charge in [0.15, 0.2) is 0 Å². The Hall–Kier alpha value is -1.85. The van der Waals surface area contributed by atoms with Crippen molar-refractivity contribution < 1.29 is 14.6 Å². The van der Waals surface area contributed by atoms with Gasteiger partial charge in [0.05, 0.1) is 17.5 Å². The first-order chi connectivity index (χ1) is 9.99. The Labute approximate surface area is 128 Å². The second-order valence-electron chi connectivity index (χ2n) is 4.97. The Balaban J connectivity index is 2.20. The van der Waals surface area contributed by atoms with E-state index < -0.39 is 5.97 Å². The third-order valence-corrected chi connectivity index (χ3v) is 3.58. The summed E-state index contributed by atoms with van der Waals surface area (Å²) in [5.41, 5.74) is 0.679. The maximum absolute atomic E-state index is 10.9. The highest BCUT2D eigenvalue weighted by molar-refractivity contribution is 6.35. The first kappa shape index (κ1) is 15.5. The first-order valence-electron chi connectivity index (χ1n) is 6.53. The van der Waals surface area contributed by atoms with E-state index >= 15 is 0 Å². The van der Waals surface area contributed by atoms with Gasteiger partial charge in [0, 0.05) is 11.6 Å². The van der Waals surface area contributed by atoms with E-state index in [1.165, 1.54) is 0 Å². The summed E-state index contributed by atoms with van der Waals surface area (Å²) in [5.74, 6) is -0.247. The second-order valence-corrected chi connectivity index (χ2v) is 5.38. The molecule has 0 radical (unpaired) electrons. The van der Waals surface area contributed by atoms with Crippen LogP contribution in [0.15, 0.2) is 30.5 Å². The van der Waals surface area contributed by atoms with Crippen molar-refractivity contribution in [3.05, 3.63) is 35.5 Å². The number of aromatic nitrogens is 1. The first-order valence-corrected chi connectivity index (χ1v) is 6.91. The number of carboxylic acid groups (broad SMARTS) is 1. The van der Waals surface area contributed by atoms with Crippen LogP contribution in [0.4, 0.5) is 0 Å². The van der Waals surface area contributed by atoms with Crippen molar-refractivity contribution in [2.75, 3.05) is 20.7 Å². The number of rotatable bonds is 6. The van der Waals surface area contributed by atoms with Crippen LogP contribution >= 0.6 is 11.6 Å². The molecule has 1 N–H and O–H groups in total. The number of carbonyl (C=O) groups is 1. The minimum Gasteiger partial charge on any atom is -0.490 e. The smallest absolute Gasteiger partial charge is 0.305 e. The molecular weight excluding hydrogens is 292 g/mol. The van der Waals surface area contributed by atoms with Crippen LogP contribution in [0, 0.1) is 0 Å². The average molecular weight is 309 g/mol. The fourth-order valence-corrected chi connectivity index (χ4v) is 2.22. The second kappa shape index (κ2) is 6.74. The average Bonchev–Trinajstić information content (AvgIpc) is 2.45. The quantitative estimate of drug-likeness (QED) is 0.889. The number of likely N-dealkylation sites (N-methyl/N-ethyl adjacent to an activating group) is 1. The van der Waals surface area contributed by atoms with E-state index in [9.17, 15) is 4.79 Å². The van der Waals surface area contributed by atoms with Gasteiger partial charge in [-0.1, -0.05) is 11.6 Å². The fourth-order valence-electron chi connectivity index (χ4n) is 2.01. The Kier molecular flexibility index (Phi) is 4.98. The molecule has 0 saturated heterocycles. The maximum Gasteiger partial charge on any atom is 0.305 e. The summed E-state index contributed by atoms with van der Waals surface area (Å²) < 4.78 is 5.77. The fraction of sp³-hybridized carbons (Fsp3) is 0.333. The highest BCUT2D eigenvalue weighted by Crippen LogP contribution is 2.29. The minimum atomic E-state index is -0.851. The zero-order valence-electron chi connectivity index (χ0n) is 11.9. The van der Waals surface area contributed by atoms with Crippen LogP contribution in [-0.4, -0.2) is 47.7 Å². The summed E-state index contributed by atoms with van der Waals surface area (Å²) in [7, 11) is 3.66. The van der Waals surface area contributed by atoms with Crippen molar-refractivity contribution in [1.29, 1.82) is 0 Å². The molecule has 1 atom stereocenters. The van der Waals surface area contributed by atoms with Crippen LogP contribution < -0.4 is 4.74 Å². The van der Waals surface area contributed by atoms with Crippen molar-refractivity contribution in [3.63, 3.8) is 0 Å². The van der Waals surface area contributed by atoms with Gasteiger partial charge in [-0.3, -0.25) is 9.78 Å². The molecule has 0 aliphatic heterocycles. The van der Waals surface area contributed by atoms with Gasteiger partial charge < -0.3 is 14.7 Å². The largest absolute Gasteiger partial charge is 0.490 e. The number of benzene rings is 1. The highest BCUT2D eigenvalue weighted by Gasteiger charge is 2.17. The van der Waals surface area contributed by atoms with Gasteiger partial charge in [-0.2, -0.15) is 0 Å². The molecule has 1 aromatic carbocycles. The molecule has 112 valence electrons. The molecule has 1 aromatic heterocycles. The van der Waals surface area contributed by atoms with E-state index in [1.807, 2.05) is 31.1 Å². The lowest BCUT2D eigenvalue weighted by Crippen LogP contribution is -2.35. The Morgan fingerprint density at radius 3 is 2.86 bits per heavy atom. The molecule has 0 aliphatic rings. The lowest BCUT2D eigenvalue weighted by molar-refractivity contribution is -0.138. The standard InChI is InChI=1S/C15H17ClN2O3/c1-18(2)10(8-14(19)20)9-21-13-6-5-12(16)11-4-3-7-17-15(11)13/h3-7,10H,8-9H2,1-2H3,(H,19,20)/t10-/m0/s1. The molecule has 0 aliphatic carbocycles. The Bertz CT molecular complexity index is 646. The number of aliphatic carboxylic acids is 1. The SMILES string of the molecule is CN(C)[C@H](COc1ccc(Cl)c2cccnc12)CC(=O)O. The van der Waals surface area contributed by atoms with Gasteiger partial charge in [0.2, 0.25) is 0 Å². The number of fused-ring (bicyclic) bond motifs is 1. The highest BCUT2D eigenvalue weighted by atomic mass is 35.5. The van der Waals surface area contributed by atoms with Gasteiger partial charge in [0.25, 0.3) is 0 Å². The number of nitrogens with zero attached hydrogens (tertiary/aromatic N) is 2. The van der Waals surface area contributed by atoms with Crippen LogP contribution in [-0.2, 0) is 4.79 Å². The topological polar surface area (TPSA) is 62.7 Å². The molecular formula is C15H17ClN2O3. The van der Waals surface area contributed by atoms with Crippen molar-refractivity contribution in [2.24, 2.45) is 0 Å². The molecule has 2 rings (SSSR count). The lowest BCUT2D eigenvalue weighted by Gasteiger charge is -2.23. The van der Waals surface area contributed by atoms with Crippen LogP contribution in [0.3, 0.4) is 0 Å². The molecule has 21 heavy (non-hydrogen) atoms. The number of hydrogen-bond donors (Lipinski definition) is 1. The van der Waals surface area contributed by atoms with Crippen LogP contribution in [0.25, 0.3) is 10.9 Å². The zero-order chi connectivity index (χ0) is 15.4. The summed E-state index contributed by atoms with van der Waals surface area (Å²) in [6.07, 6.45) is 1.69. The molecule has 0 saturated carbocycles. The van der Waals surface area contributed by atoms with Gasteiger partial charge >= 0.3 is 5.97 Å². The molecule has 0 bridgehead atoms. The Morgan fingerprint density at radius 2 is 2.19 bits per heavy atom. The van der Waals surface area contributed by atoms with E-state index in [-0.39, 0.29) is 19.1 Å². The number of hydrogen-bond acceptors (Lipinski definition) is 4. The predicted molar refractivity (Wildman–Crippen MR) is 82.0 cm³/mol. The summed E-state index contributed by atoms with van der Waals surface area (Å²) in [4.78, 5) is 17.0. The molecule has 0 unspecified atom stereocenters. The summed E-state index contributed by atoms with van der Waals surface area (Å²) in [5, 5.41) is 10.4. The molecule has 5 nitrogen and oxygen atoms in total. The molecule has 2 aromatic rings. The molecule has 0 fully saturated rings. The van der Waals surface area contributed by atoms with Gasteiger partial charge in [-0.05, 0) is 38.4 Å². The molecule has 1 heterocycles. The van der Waals surface area contributed by atoms with E-state index in [4.69, 9.17) is 21.4 Å². The zero-order valence-corrected chi connectivity index (χ0v) is 12.7. The van der Waals surface area contributed by atoms with Crippen molar-refractivity contribution >= 4 is 28.5 Å². The van der Waals surface area contributed by atoms with E-state index in [0.717, 1.165) is 5.39 Å². The van der Waals surface area contributed by atoms with Crippen LogP contribution in [0.1, 0.15) is 6.42 Å². The minimum absolute atomic E-state index is 0.0198. The van der Waals surface area contributed by atoms with E-state index in [2.05, 4.69) is 4.98 Å². The molecule has 0 spiro atoms. The monoisotopic (exact) mass is 308 g/mol.